The molecule has 1 aromatic carbocycles. The highest BCUT2D eigenvalue weighted by Crippen LogP contribution is 2.21. The molecular weight excluding hydrogens is 229 g/mol. The minimum Gasteiger partial charge on any atom is -0.312 e. The monoisotopic (exact) mass is 249 g/mol. The Balaban J connectivity index is 2.03. The van der Waals surface area contributed by atoms with Crippen molar-refractivity contribution in [2.45, 2.75) is 25.7 Å². The Labute approximate surface area is 105 Å². The summed E-state index contributed by atoms with van der Waals surface area (Å²) in [7, 11) is 1.02. The van der Waals surface area contributed by atoms with E-state index in [1.165, 1.54) is 11.7 Å². The lowest BCUT2D eigenvalue weighted by Crippen LogP contribution is -2.35. The first kappa shape index (κ1) is 12.6. The molecule has 17 heavy (non-hydrogen) atoms. The van der Waals surface area contributed by atoms with Crippen LogP contribution in [0.2, 0.25) is 0 Å². The van der Waals surface area contributed by atoms with Gasteiger partial charge in [0.2, 0.25) is 5.91 Å². The van der Waals surface area contributed by atoms with E-state index in [4.69, 9.17) is 0 Å². The highest BCUT2D eigenvalue weighted by Gasteiger charge is 2.19. The molecule has 2 rings (SSSR count). The summed E-state index contributed by atoms with van der Waals surface area (Å²) in [6.07, 6.45) is 5.30. The molecule has 92 valence electrons. The average molecular weight is 249 g/mol. The molecule has 0 aliphatic carbocycles. The number of carbonyl (C=O) groups is 1. The maximum atomic E-state index is 11.8. The number of nitrogens with zero attached hydrogens (tertiary/aromatic N) is 1. The van der Waals surface area contributed by atoms with Crippen LogP contribution < -0.4 is 4.90 Å². The third kappa shape index (κ3) is 3.29. The van der Waals surface area contributed by atoms with Crippen LogP contribution >= 0.6 is 8.58 Å². The van der Waals surface area contributed by atoms with Crippen LogP contribution in [0.15, 0.2) is 24.3 Å². The maximum Gasteiger partial charge on any atom is 0.226 e. The highest BCUT2D eigenvalue weighted by atomic mass is 31.1. The van der Waals surface area contributed by atoms with Crippen LogP contribution in [0.5, 0.6) is 0 Å². The Morgan fingerprint density at radius 1 is 1.24 bits per heavy atom. The van der Waals surface area contributed by atoms with Crippen molar-refractivity contribution in [1.82, 2.24) is 0 Å². The first-order chi connectivity index (χ1) is 8.31. The standard InChI is InChI=1S/C14H20NOP/c1-17-11-9-12-5-7-13(8-6-12)15-10-3-2-4-14(15)16/h5-8,17H,2-4,9-11H2,1H3. The molecule has 1 aromatic rings. The van der Waals surface area contributed by atoms with Gasteiger partial charge in [-0.2, -0.15) is 0 Å². The predicted molar refractivity (Wildman–Crippen MR) is 75.5 cm³/mol. The Morgan fingerprint density at radius 3 is 2.65 bits per heavy atom. The molecule has 1 aliphatic rings. The molecule has 1 atom stereocenters. The summed E-state index contributed by atoms with van der Waals surface area (Å²) in [5.74, 6) is 0.277. The summed E-state index contributed by atoms with van der Waals surface area (Å²) < 4.78 is 0. The van der Waals surface area contributed by atoms with E-state index in [1.807, 2.05) is 4.90 Å². The summed E-state index contributed by atoms with van der Waals surface area (Å²) in [6.45, 7) is 3.12. The number of carbonyl (C=O) groups excluding carboxylic acids is 1. The van der Waals surface area contributed by atoms with Gasteiger partial charge in [0, 0.05) is 18.7 Å². The molecule has 3 heteroatoms. The summed E-state index contributed by atoms with van der Waals surface area (Å²) in [5.41, 5.74) is 2.45. The lowest BCUT2D eigenvalue weighted by atomic mass is 10.1. The zero-order valence-corrected chi connectivity index (χ0v) is 11.4. The van der Waals surface area contributed by atoms with Gasteiger partial charge in [-0.25, -0.2) is 0 Å². The van der Waals surface area contributed by atoms with Gasteiger partial charge in [0.1, 0.15) is 0 Å². The quantitative estimate of drug-likeness (QED) is 0.751. The lowest BCUT2D eigenvalue weighted by molar-refractivity contribution is -0.119. The summed E-state index contributed by atoms with van der Waals surface area (Å²) in [4.78, 5) is 13.7. The van der Waals surface area contributed by atoms with Crippen LogP contribution in [0, 0.1) is 0 Å². The first-order valence-corrected chi connectivity index (χ1v) is 8.06. The van der Waals surface area contributed by atoms with Crippen molar-refractivity contribution in [3.05, 3.63) is 29.8 Å². The maximum absolute atomic E-state index is 11.8. The van der Waals surface area contributed by atoms with Crippen LogP contribution in [0.1, 0.15) is 24.8 Å². The van der Waals surface area contributed by atoms with Crippen molar-refractivity contribution in [2.24, 2.45) is 0 Å². The summed E-state index contributed by atoms with van der Waals surface area (Å²) in [5, 5.41) is 0. The molecule has 0 radical (unpaired) electrons. The van der Waals surface area contributed by atoms with Crippen molar-refractivity contribution in [3.8, 4) is 0 Å². The Kier molecular flexibility index (Phi) is 4.56. The van der Waals surface area contributed by atoms with Gasteiger partial charge in [0.15, 0.2) is 0 Å². The zero-order chi connectivity index (χ0) is 12.1. The van der Waals surface area contributed by atoms with Gasteiger partial charge in [-0.05, 0) is 49.8 Å². The number of rotatable bonds is 4. The summed E-state index contributed by atoms with van der Waals surface area (Å²) in [6, 6.07) is 8.52. The fraction of sp³-hybridized carbons (Fsp3) is 0.500. The van der Waals surface area contributed by atoms with Gasteiger partial charge >= 0.3 is 0 Å². The number of benzene rings is 1. The van der Waals surface area contributed by atoms with E-state index in [0.29, 0.717) is 6.42 Å². The smallest absolute Gasteiger partial charge is 0.226 e. The van der Waals surface area contributed by atoms with Gasteiger partial charge in [0.05, 0.1) is 0 Å². The number of hydrogen-bond donors (Lipinski definition) is 0. The van der Waals surface area contributed by atoms with Crippen molar-refractivity contribution in [3.63, 3.8) is 0 Å². The molecule has 1 unspecified atom stereocenters. The number of amides is 1. The van der Waals surface area contributed by atoms with Crippen molar-refractivity contribution in [1.29, 1.82) is 0 Å². The molecule has 0 spiro atoms. The van der Waals surface area contributed by atoms with Gasteiger partial charge < -0.3 is 4.90 Å². The SMILES string of the molecule is CPCCc1ccc(N2CCCCC2=O)cc1. The van der Waals surface area contributed by atoms with Gasteiger partial charge in [-0.1, -0.05) is 12.1 Å². The molecule has 0 bridgehead atoms. The Hall–Kier alpha value is -0.880. The average Bonchev–Trinajstić information content (AvgIpc) is 2.38. The normalized spacial score (nSPS) is 17.0. The molecule has 0 N–H and O–H groups in total. The van der Waals surface area contributed by atoms with Crippen LogP contribution in [0.3, 0.4) is 0 Å². The van der Waals surface area contributed by atoms with Gasteiger partial charge in [0.25, 0.3) is 0 Å². The second kappa shape index (κ2) is 6.16. The van der Waals surface area contributed by atoms with Crippen molar-refractivity contribution in [2.75, 3.05) is 24.3 Å². The van der Waals surface area contributed by atoms with Crippen LogP contribution in [-0.2, 0) is 11.2 Å². The van der Waals surface area contributed by atoms with E-state index in [2.05, 4.69) is 30.9 Å². The summed E-state index contributed by atoms with van der Waals surface area (Å²) >= 11 is 0. The largest absolute Gasteiger partial charge is 0.312 e. The van der Waals surface area contributed by atoms with E-state index in [9.17, 15) is 4.79 Å². The molecule has 2 nitrogen and oxygen atoms in total. The fourth-order valence-corrected chi connectivity index (χ4v) is 2.73. The van der Waals surface area contributed by atoms with E-state index in [1.54, 1.807) is 0 Å². The minimum absolute atomic E-state index is 0.277. The number of aryl methyl sites for hydroxylation is 1. The fourth-order valence-electron chi connectivity index (χ4n) is 2.19. The van der Waals surface area contributed by atoms with E-state index in [0.717, 1.165) is 40.1 Å². The topological polar surface area (TPSA) is 20.3 Å². The highest BCUT2D eigenvalue weighted by molar-refractivity contribution is 7.36. The van der Waals surface area contributed by atoms with E-state index in [-0.39, 0.29) is 5.91 Å². The van der Waals surface area contributed by atoms with Crippen molar-refractivity contribution >= 4 is 20.2 Å². The Morgan fingerprint density at radius 2 is 2.00 bits per heavy atom. The zero-order valence-electron chi connectivity index (χ0n) is 10.4. The van der Waals surface area contributed by atoms with Crippen LogP contribution in [-0.4, -0.2) is 25.3 Å². The number of anilines is 1. The first-order valence-electron chi connectivity index (χ1n) is 6.35. The van der Waals surface area contributed by atoms with Crippen LogP contribution in [0.4, 0.5) is 5.69 Å². The molecule has 1 saturated heterocycles. The molecule has 0 saturated carbocycles. The predicted octanol–water partition coefficient (Wildman–Crippen LogP) is 3.05. The van der Waals surface area contributed by atoms with Gasteiger partial charge in [-0.3, -0.25) is 4.79 Å². The molecule has 1 heterocycles. The second-order valence-electron chi connectivity index (χ2n) is 4.52. The Bertz CT molecular complexity index is 374. The third-order valence-corrected chi connectivity index (χ3v) is 3.99. The van der Waals surface area contributed by atoms with E-state index >= 15 is 0 Å². The van der Waals surface area contributed by atoms with Gasteiger partial charge in [-0.15, -0.1) is 8.58 Å². The molecule has 1 amide bonds. The molecular formula is C14H20NOP. The minimum atomic E-state index is 0.277. The number of hydrogen-bond acceptors (Lipinski definition) is 1. The van der Waals surface area contributed by atoms with Crippen LogP contribution in [0.25, 0.3) is 0 Å². The molecule has 1 fully saturated rings. The molecule has 0 aromatic heterocycles. The second-order valence-corrected chi connectivity index (χ2v) is 5.73. The lowest BCUT2D eigenvalue weighted by Gasteiger charge is -2.26. The van der Waals surface area contributed by atoms with Crippen molar-refractivity contribution < 1.29 is 4.79 Å². The van der Waals surface area contributed by atoms with E-state index < -0.39 is 0 Å². The molecule has 1 aliphatic heterocycles. The third-order valence-electron chi connectivity index (χ3n) is 3.24. The number of piperidine rings is 1.